The maximum Gasteiger partial charge on any atom is 0.0647 e. The summed E-state index contributed by atoms with van der Waals surface area (Å²) in [6.07, 6.45) is 0. The Morgan fingerprint density at radius 2 is 2.20 bits per heavy atom. The number of aryl methyl sites for hydroxylation is 1. The number of halogens is 2. The average Bonchev–Trinajstić information content (AvgIpc) is 1.88. The van der Waals surface area contributed by atoms with Crippen molar-refractivity contribution in [3.05, 3.63) is 29.6 Å². The van der Waals surface area contributed by atoms with Gasteiger partial charge in [-0.2, -0.15) is 0 Å². The minimum Gasteiger partial charge on any atom is -0.257 e. The molecule has 0 aliphatic rings. The molecule has 56 valence electrons. The lowest BCUT2D eigenvalue weighted by molar-refractivity contribution is 1.10. The predicted octanol–water partition coefficient (Wildman–Crippen LogP) is 2.71. The van der Waals surface area contributed by atoms with E-state index in [2.05, 4.69) is 4.98 Å². The van der Waals surface area contributed by atoms with Crippen molar-refractivity contribution < 1.29 is 0 Å². The summed E-state index contributed by atoms with van der Waals surface area (Å²) in [5, 5.41) is 0. The molecule has 3 heteroatoms. The van der Waals surface area contributed by atoms with Crippen molar-refractivity contribution in [2.75, 3.05) is 0 Å². The van der Waals surface area contributed by atoms with Crippen LogP contribution in [0.2, 0.25) is 0 Å². The Morgan fingerprint density at radius 3 is 2.60 bits per heavy atom. The van der Waals surface area contributed by atoms with Crippen molar-refractivity contribution in [1.29, 1.82) is 0 Å². The summed E-state index contributed by atoms with van der Waals surface area (Å²) in [6, 6.07) is 5.83. The highest BCUT2D eigenvalue weighted by Gasteiger charge is 1.88. The van der Waals surface area contributed by atoms with Gasteiger partial charge < -0.3 is 0 Å². The second-order valence-electron chi connectivity index (χ2n) is 1.90. The van der Waals surface area contributed by atoms with Crippen LogP contribution in [0, 0.1) is 6.92 Å². The van der Waals surface area contributed by atoms with Crippen LogP contribution in [-0.2, 0) is 5.88 Å². The van der Waals surface area contributed by atoms with Crippen molar-refractivity contribution in [3.63, 3.8) is 0 Å². The molecule has 1 rings (SSSR count). The molecule has 0 bridgehead atoms. The molecule has 0 aliphatic heterocycles. The fourth-order valence-corrected chi connectivity index (χ4v) is 0.823. The van der Waals surface area contributed by atoms with Gasteiger partial charge in [-0.15, -0.1) is 28.6 Å². The molecule has 0 saturated heterocycles. The van der Waals surface area contributed by atoms with E-state index in [0.717, 1.165) is 11.4 Å². The zero-order valence-electron chi connectivity index (χ0n) is 5.67. The summed E-state index contributed by atoms with van der Waals surface area (Å²) >= 11 is 5.54. The fraction of sp³-hybridized carbons (Fsp3) is 0.286. The third-order valence-corrected chi connectivity index (χ3v) is 1.36. The van der Waals surface area contributed by atoms with E-state index < -0.39 is 0 Å². The lowest BCUT2D eigenvalue weighted by Crippen LogP contribution is -1.85. The summed E-state index contributed by atoms with van der Waals surface area (Å²) in [7, 11) is 0. The number of aromatic nitrogens is 1. The van der Waals surface area contributed by atoms with Crippen LogP contribution in [0.25, 0.3) is 0 Å². The first kappa shape index (κ1) is 9.92. The Kier molecular flexibility index (Phi) is 4.65. The number of hydrogen-bond acceptors (Lipinski definition) is 1. The molecule has 1 aromatic rings. The molecule has 0 radical (unpaired) electrons. The van der Waals surface area contributed by atoms with Gasteiger partial charge >= 0.3 is 0 Å². The summed E-state index contributed by atoms with van der Waals surface area (Å²) in [5.41, 5.74) is 1.96. The van der Waals surface area contributed by atoms with Gasteiger partial charge in [0.1, 0.15) is 0 Å². The van der Waals surface area contributed by atoms with Gasteiger partial charge in [-0.25, -0.2) is 0 Å². The van der Waals surface area contributed by atoms with Gasteiger partial charge in [-0.05, 0) is 19.1 Å². The fourth-order valence-electron chi connectivity index (χ4n) is 0.674. The minimum atomic E-state index is 0. The summed E-state index contributed by atoms with van der Waals surface area (Å²) in [5.74, 6) is 0.502. The highest BCUT2D eigenvalue weighted by molar-refractivity contribution is 8.93. The molecule has 1 heterocycles. The molecule has 0 atom stereocenters. The smallest absolute Gasteiger partial charge is 0.0647 e. The largest absolute Gasteiger partial charge is 0.257 e. The van der Waals surface area contributed by atoms with Crippen LogP contribution in [0.4, 0.5) is 0 Å². The van der Waals surface area contributed by atoms with E-state index in [0.29, 0.717) is 5.88 Å². The molecule has 0 aliphatic carbocycles. The maximum atomic E-state index is 5.54. The lowest BCUT2D eigenvalue weighted by atomic mass is 10.3. The SMILES string of the molecule is Br.Cc1cccc(CCl)n1. The van der Waals surface area contributed by atoms with Crippen molar-refractivity contribution in [3.8, 4) is 0 Å². The number of hydrogen-bond donors (Lipinski definition) is 0. The zero-order chi connectivity index (χ0) is 6.69. The van der Waals surface area contributed by atoms with Crippen molar-refractivity contribution in [2.45, 2.75) is 12.8 Å². The summed E-state index contributed by atoms with van der Waals surface area (Å²) in [6.45, 7) is 1.95. The van der Waals surface area contributed by atoms with Gasteiger partial charge in [-0.1, -0.05) is 6.07 Å². The quantitative estimate of drug-likeness (QED) is 0.666. The second kappa shape index (κ2) is 4.69. The molecule has 0 fully saturated rings. The van der Waals surface area contributed by atoms with E-state index in [1.807, 2.05) is 25.1 Å². The maximum absolute atomic E-state index is 5.54. The van der Waals surface area contributed by atoms with E-state index in [1.54, 1.807) is 0 Å². The van der Waals surface area contributed by atoms with Gasteiger partial charge in [0.2, 0.25) is 0 Å². The highest BCUT2D eigenvalue weighted by atomic mass is 79.9. The highest BCUT2D eigenvalue weighted by Crippen LogP contribution is 2.00. The average molecular weight is 223 g/mol. The van der Waals surface area contributed by atoms with Gasteiger partial charge in [0.25, 0.3) is 0 Å². The molecular weight excluding hydrogens is 213 g/mol. The van der Waals surface area contributed by atoms with Gasteiger partial charge in [-0.3, -0.25) is 4.98 Å². The molecular formula is C7H9BrClN. The molecule has 0 amide bonds. The van der Waals surface area contributed by atoms with E-state index in [1.165, 1.54) is 0 Å². The number of nitrogens with zero attached hydrogens (tertiary/aromatic N) is 1. The Labute approximate surface area is 76.2 Å². The van der Waals surface area contributed by atoms with Crippen LogP contribution in [0.15, 0.2) is 18.2 Å². The van der Waals surface area contributed by atoms with Gasteiger partial charge in [0.15, 0.2) is 0 Å². The zero-order valence-corrected chi connectivity index (χ0v) is 8.14. The van der Waals surface area contributed by atoms with E-state index in [9.17, 15) is 0 Å². The Morgan fingerprint density at radius 1 is 1.50 bits per heavy atom. The van der Waals surface area contributed by atoms with Crippen LogP contribution in [0.5, 0.6) is 0 Å². The molecule has 0 spiro atoms. The van der Waals surface area contributed by atoms with Crippen LogP contribution >= 0.6 is 28.6 Å². The monoisotopic (exact) mass is 221 g/mol. The van der Waals surface area contributed by atoms with Crippen molar-refractivity contribution in [1.82, 2.24) is 4.98 Å². The predicted molar refractivity (Wildman–Crippen MR) is 48.9 cm³/mol. The van der Waals surface area contributed by atoms with Crippen molar-refractivity contribution >= 4 is 28.6 Å². The molecule has 1 aromatic heterocycles. The van der Waals surface area contributed by atoms with Crippen LogP contribution in [0.3, 0.4) is 0 Å². The Bertz CT molecular complexity index is 203. The van der Waals surface area contributed by atoms with E-state index in [-0.39, 0.29) is 17.0 Å². The standard InChI is InChI=1S/C7H8ClN.BrH/c1-6-3-2-4-7(5-8)9-6;/h2-4H,5H2,1H3;1H. The Balaban J connectivity index is 0.000000810. The second-order valence-corrected chi connectivity index (χ2v) is 2.17. The van der Waals surface area contributed by atoms with Gasteiger partial charge in [0, 0.05) is 5.69 Å². The molecule has 1 nitrogen and oxygen atoms in total. The Hall–Kier alpha value is -0.0800. The van der Waals surface area contributed by atoms with Crippen LogP contribution in [0.1, 0.15) is 11.4 Å². The van der Waals surface area contributed by atoms with E-state index in [4.69, 9.17) is 11.6 Å². The van der Waals surface area contributed by atoms with E-state index >= 15 is 0 Å². The third kappa shape index (κ3) is 2.67. The van der Waals surface area contributed by atoms with Crippen LogP contribution in [-0.4, -0.2) is 4.98 Å². The molecule has 10 heavy (non-hydrogen) atoms. The number of rotatable bonds is 1. The molecule has 0 saturated carbocycles. The summed E-state index contributed by atoms with van der Waals surface area (Å²) < 4.78 is 0. The van der Waals surface area contributed by atoms with Crippen LogP contribution < -0.4 is 0 Å². The number of alkyl halides is 1. The lowest BCUT2D eigenvalue weighted by Gasteiger charge is -1.93. The molecule has 0 unspecified atom stereocenters. The van der Waals surface area contributed by atoms with Crippen molar-refractivity contribution in [2.24, 2.45) is 0 Å². The summed E-state index contributed by atoms with van der Waals surface area (Å²) in [4.78, 5) is 4.16. The molecule has 0 N–H and O–H groups in total. The normalized spacial score (nSPS) is 8.60. The third-order valence-electron chi connectivity index (χ3n) is 1.08. The molecule has 0 aromatic carbocycles. The first-order chi connectivity index (χ1) is 4.33. The van der Waals surface area contributed by atoms with Gasteiger partial charge in [0.05, 0.1) is 11.6 Å². The first-order valence-corrected chi connectivity index (χ1v) is 3.35. The minimum absolute atomic E-state index is 0. The number of pyridine rings is 1. The topological polar surface area (TPSA) is 12.9 Å². The first-order valence-electron chi connectivity index (χ1n) is 2.81.